The number of halogens is 1. The van der Waals surface area contributed by atoms with Crippen LogP contribution >= 0.6 is 0 Å². The molecule has 0 bridgehead atoms. The SMILES string of the molecule is CC(CCc1ccco1)NS(=O)(=O)c1ccc(F)cc1N. The highest BCUT2D eigenvalue weighted by Crippen LogP contribution is 2.19. The van der Waals surface area contributed by atoms with E-state index in [0.717, 1.165) is 24.0 Å². The van der Waals surface area contributed by atoms with E-state index < -0.39 is 15.8 Å². The first kappa shape index (κ1) is 15.5. The average Bonchev–Trinajstić information content (AvgIpc) is 2.88. The first-order valence-corrected chi connectivity index (χ1v) is 7.96. The fourth-order valence-electron chi connectivity index (χ4n) is 1.96. The highest BCUT2D eigenvalue weighted by molar-refractivity contribution is 7.89. The molecule has 0 saturated heterocycles. The summed E-state index contributed by atoms with van der Waals surface area (Å²) in [6, 6.07) is 6.53. The van der Waals surface area contributed by atoms with Gasteiger partial charge in [-0.25, -0.2) is 17.5 Å². The van der Waals surface area contributed by atoms with Crippen LogP contribution in [0.25, 0.3) is 0 Å². The Hall–Kier alpha value is -1.86. The number of hydrogen-bond donors (Lipinski definition) is 2. The van der Waals surface area contributed by atoms with Crippen molar-refractivity contribution in [2.24, 2.45) is 0 Å². The van der Waals surface area contributed by atoms with Crippen LogP contribution in [0.3, 0.4) is 0 Å². The fraction of sp³-hybridized carbons (Fsp3) is 0.286. The van der Waals surface area contributed by atoms with Crippen molar-refractivity contribution in [1.29, 1.82) is 0 Å². The molecule has 0 fully saturated rings. The molecule has 1 atom stereocenters. The maximum absolute atomic E-state index is 13.0. The van der Waals surface area contributed by atoms with Gasteiger partial charge in [0.2, 0.25) is 10.0 Å². The molecule has 2 aromatic rings. The molecule has 0 aliphatic rings. The fourth-order valence-corrected chi connectivity index (χ4v) is 3.36. The molecule has 0 radical (unpaired) electrons. The van der Waals surface area contributed by atoms with E-state index >= 15 is 0 Å². The Labute approximate surface area is 123 Å². The van der Waals surface area contributed by atoms with Crippen molar-refractivity contribution in [1.82, 2.24) is 4.72 Å². The lowest BCUT2D eigenvalue weighted by Gasteiger charge is -2.14. The number of aryl methyl sites for hydroxylation is 1. The van der Waals surface area contributed by atoms with Gasteiger partial charge in [-0.2, -0.15) is 0 Å². The summed E-state index contributed by atoms with van der Waals surface area (Å²) >= 11 is 0. The van der Waals surface area contributed by atoms with Crippen LogP contribution in [0.1, 0.15) is 19.1 Å². The normalized spacial score (nSPS) is 13.2. The summed E-state index contributed by atoms with van der Waals surface area (Å²) in [5.41, 5.74) is 5.45. The first-order chi connectivity index (χ1) is 9.88. The summed E-state index contributed by atoms with van der Waals surface area (Å²) in [5.74, 6) is 0.222. The van der Waals surface area contributed by atoms with Crippen LogP contribution in [0.15, 0.2) is 45.9 Å². The molecule has 7 heteroatoms. The van der Waals surface area contributed by atoms with Gasteiger partial charge in [-0.3, -0.25) is 0 Å². The molecule has 0 aliphatic heterocycles. The van der Waals surface area contributed by atoms with E-state index in [4.69, 9.17) is 10.2 Å². The third-order valence-corrected chi connectivity index (χ3v) is 4.69. The number of sulfonamides is 1. The molecule has 1 aromatic heterocycles. The minimum absolute atomic E-state index is 0.110. The van der Waals surface area contributed by atoms with Gasteiger partial charge < -0.3 is 10.2 Å². The van der Waals surface area contributed by atoms with Gasteiger partial charge in [0, 0.05) is 12.5 Å². The second-order valence-electron chi connectivity index (χ2n) is 4.82. The second-order valence-corrected chi connectivity index (χ2v) is 6.50. The Kier molecular flexibility index (Phi) is 4.64. The van der Waals surface area contributed by atoms with Gasteiger partial charge in [-0.05, 0) is 43.7 Å². The van der Waals surface area contributed by atoms with E-state index in [9.17, 15) is 12.8 Å². The third kappa shape index (κ3) is 4.05. The molecule has 0 saturated carbocycles. The number of nitrogen functional groups attached to an aromatic ring is 1. The molecule has 0 aliphatic carbocycles. The molecule has 1 aromatic carbocycles. The summed E-state index contributed by atoms with van der Waals surface area (Å²) in [7, 11) is -3.77. The van der Waals surface area contributed by atoms with Crippen LogP contribution in [0.2, 0.25) is 0 Å². The highest BCUT2D eigenvalue weighted by atomic mass is 32.2. The third-order valence-electron chi connectivity index (χ3n) is 3.02. The smallest absolute Gasteiger partial charge is 0.242 e. The van der Waals surface area contributed by atoms with Crippen molar-refractivity contribution in [2.75, 3.05) is 5.73 Å². The van der Waals surface area contributed by atoms with Crippen LogP contribution < -0.4 is 10.5 Å². The molecular formula is C14H17FN2O3S. The lowest BCUT2D eigenvalue weighted by Crippen LogP contribution is -2.33. The van der Waals surface area contributed by atoms with E-state index in [2.05, 4.69) is 4.72 Å². The van der Waals surface area contributed by atoms with Crippen LogP contribution in [-0.2, 0) is 16.4 Å². The zero-order chi connectivity index (χ0) is 15.5. The minimum atomic E-state index is -3.77. The first-order valence-electron chi connectivity index (χ1n) is 6.48. The number of furan rings is 1. The number of hydrogen-bond acceptors (Lipinski definition) is 4. The number of benzene rings is 1. The van der Waals surface area contributed by atoms with E-state index in [1.807, 2.05) is 6.07 Å². The van der Waals surface area contributed by atoms with E-state index in [-0.39, 0.29) is 16.6 Å². The Balaban J connectivity index is 2.02. The van der Waals surface area contributed by atoms with E-state index in [1.165, 1.54) is 0 Å². The van der Waals surface area contributed by atoms with Gasteiger partial charge in [0.25, 0.3) is 0 Å². The monoisotopic (exact) mass is 312 g/mol. The Morgan fingerprint density at radius 3 is 2.76 bits per heavy atom. The molecule has 5 nitrogen and oxygen atoms in total. The van der Waals surface area contributed by atoms with Crippen molar-refractivity contribution >= 4 is 15.7 Å². The van der Waals surface area contributed by atoms with Gasteiger partial charge in [-0.1, -0.05) is 0 Å². The van der Waals surface area contributed by atoms with Gasteiger partial charge >= 0.3 is 0 Å². The zero-order valence-electron chi connectivity index (χ0n) is 11.5. The summed E-state index contributed by atoms with van der Waals surface area (Å²) in [4.78, 5) is -0.117. The zero-order valence-corrected chi connectivity index (χ0v) is 12.4. The predicted octanol–water partition coefficient (Wildman–Crippen LogP) is 2.30. The van der Waals surface area contributed by atoms with Gasteiger partial charge in [0.15, 0.2) is 0 Å². The second kappa shape index (κ2) is 6.28. The standard InChI is InChI=1S/C14H17FN2O3S/c1-10(4-6-12-3-2-8-20-12)17-21(18,19)14-7-5-11(15)9-13(14)16/h2-3,5,7-10,17H,4,6,16H2,1H3. The van der Waals surface area contributed by atoms with Gasteiger partial charge in [-0.15, -0.1) is 0 Å². The Morgan fingerprint density at radius 2 is 2.14 bits per heavy atom. The lowest BCUT2D eigenvalue weighted by molar-refractivity contribution is 0.480. The van der Waals surface area contributed by atoms with Crippen LogP contribution in [-0.4, -0.2) is 14.5 Å². The molecule has 0 amide bonds. The van der Waals surface area contributed by atoms with E-state index in [1.54, 1.807) is 19.3 Å². The average molecular weight is 312 g/mol. The number of anilines is 1. The minimum Gasteiger partial charge on any atom is -0.469 e. The van der Waals surface area contributed by atoms with Gasteiger partial charge in [0.1, 0.15) is 16.5 Å². The van der Waals surface area contributed by atoms with Crippen molar-refractivity contribution in [2.45, 2.75) is 30.7 Å². The summed E-state index contributed by atoms with van der Waals surface area (Å²) in [6.45, 7) is 1.75. The molecule has 1 unspecified atom stereocenters. The number of nitrogens with two attached hydrogens (primary N) is 1. The number of rotatable bonds is 6. The number of nitrogens with one attached hydrogen (secondary N) is 1. The van der Waals surface area contributed by atoms with Crippen molar-refractivity contribution in [3.8, 4) is 0 Å². The topological polar surface area (TPSA) is 85.3 Å². The maximum atomic E-state index is 13.0. The molecule has 3 N–H and O–H groups in total. The van der Waals surface area contributed by atoms with Crippen molar-refractivity contribution in [3.05, 3.63) is 48.2 Å². The largest absolute Gasteiger partial charge is 0.469 e. The Morgan fingerprint density at radius 1 is 1.38 bits per heavy atom. The molecule has 21 heavy (non-hydrogen) atoms. The lowest BCUT2D eigenvalue weighted by atomic mass is 10.2. The van der Waals surface area contributed by atoms with Crippen LogP contribution in [0.4, 0.5) is 10.1 Å². The summed E-state index contributed by atoms with van der Waals surface area (Å²) in [5, 5.41) is 0. The van der Waals surface area contributed by atoms with Crippen LogP contribution in [0.5, 0.6) is 0 Å². The molecular weight excluding hydrogens is 295 g/mol. The highest BCUT2D eigenvalue weighted by Gasteiger charge is 2.20. The predicted molar refractivity (Wildman–Crippen MR) is 77.6 cm³/mol. The van der Waals surface area contributed by atoms with Crippen molar-refractivity contribution in [3.63, 3.8) is 0 Å². The quantitative estimate of drug-likeness (QED) is 0.801. The summed E-state index contributed by atoms with van der Waals surface area (Å²) < 4.78 is 45.1. The van der Waals surface area contributed by atoms with Crippen LogP contribution in [0, 0.1) is 5.82 Å². The summed E-state index contributed by atoms with van der Waals surface area (Å²) in [6.07, 6.45) is 2.77. The molecule has 2 rings (SSSR count). The van der Waals surface area contributed by atoms with Gasteiger partial charge in [0.05, 0.1) is 12.0 Å². The maximum Gasteiger partial charge on any atom is 0.242 e. The molecule has 0 spiro atoms. The van der Waals surface area contributed by atoms with E-state index in [0.29, 0.717) is 12.8 Å². The Bertz CT molecular complexity index is 699. The molecule has 1 heterocycles. The molecule has 114 valence electrons. The van der Waals surface area contributed by atoms with Crippen molar-refractivity contribution < 1.29 is 17.2 Å².